The molecule has 24 heavy (non-hydrogen) atoms. The Morgan fingerprint density at radius 1 is 1.33 bits per heavy atom. The Balaban J connectivity index is 1.87. The summed E-state index contributed by atoms with van der Waals surface area (Å²) >= 11 is 0. The number of aryl methyl sites for hydroxylation is 2. The summed E-state index contributed by atoms with van der Waals surface area (Å²) in [4.78, 5) is 22.2. The Kier molecular flexibility index (Phi) is 4.50. The summed E-state index contributed by atoms with van der Waals surface area (Å²) in [6, 6.07) is 5.92. The van der Waals surface area contributed by atoms with E-state index < -0.39 is 0 Å². The highest BCUT2D eigenvalue weighted by molar-refractivity contribution is 5.85. The number of anilines is 2. The summed E-state index contributed by atoms with van der Waals surface area (Å²) in [6.45, 7) is 4.32. The SMILES string of the molecule is Cc1noc(C)c1-c1ccc(NC2CCC(=O)NC2)c(NC=O)c1. The summed E-state index contributed by atoms with van der Waals surface area (Å²) in [6.07, 6.45) is 1.92. The number of nitrogens with one attached hydrogen (secondary N) is 3. The quantitative estimate of drug-likeness (QED) is 0.731. The van der Waals surface area contributed by atoms with Gasteiger partial charge in [0.25, 0.3) is 0 Å². The number of benzene rings is 1. The first kappa shape index (κ1) is 16.0. The molecule has 1 aromatic carbocycles. The number of rotatable bonds is 5. The molecule has 0 spiro atoms. The molecule has 3 N–H and O–H groups in total. The number of aromatic nitrogens is 1. The first-order valence-electron chi connectivity index (χ1n) is 7.89. The second kappa shape index (κ2) is 6.74. The third-order valence-corrected chi connectivity index (χ3v) is 4.18. The van der Waals surface area contributed by atoms with E-state index in [2.05, 4.69) is 21.1 Å². The first-order chi connectivity index (χ1) is 11.6. The monoisotopic (exact) mass is 328 g/mol. The van der Waals surface area contributed by atoms with Gasteiger partial charge in [-0.3, -0.25) is 9.59 Å². The summed E-state index contributed by atoms with van der Waals surface area (Å²) in [5.41, 5.74) is 4.16. The van der Waals surface area contributed by atoms with E-state index in [1.165, 1.54) is 0 Å². The Bertz CT molecular complexity index is 740. The predicted molar refractivity (Wildman–Crippen MR) is 90.8 cm³/mol. The fraction of sp³-hybridized carbons (Fsp3) is 0.353. The van der Waals surface area contributed by atoms with E-state index in [4.69, 9.17) is 4.52 Å². The molecule has 7 heteroatoms. The van der Waals surface area contributed by atoms with E-state index in [9.17, 15) is 9.59 Å². The maximum atomic E-state index is 11.3. The van der Waals surface area contributed by atoms with Crippen LogP contribution in [-0.4, -0.2) is 30.1 Å². The summed E-state index contributed by atoms with van der Waals surface area (Å²) < 4.78 is 5.22. The van der Waals surface area contributed by atoms with Crippen molar-refractivity contribution in [2.45, 2.75) is 32.7 Å². The third kappa shape index (κ3) is 3.24. The molecule has 7 nitrogen and oxygen atoms in total. The number of hydrogen-bond acceptors (Lipinski definition) is 5. The van der Waals surface area contributed by atoms with Crippen LogP contribution in [0.15, 0.2) is 22.7 Å². The highest BCUT2D eigenvalue weighted by Gasteiger charge is 2.19. The fourth-order valence-corrected chi connectivity index (χ4v) is 2.98. The first-order valence-corrected chi connectivity index (χ1v) is 7.89. The maximum Gasteiger partial charge on any atom is 0.220 e. The number of piperidine rings is 1. The molecule has 1 unspecified atom stereocenters. The lowest BCUT2D eigenvalue weighted by molar-refractivity contribution is -0.122. The van der Waals surface area contributed by atoms with E-state index in [1.807, 2.05) is 32.0 Å². The maximum absolute atomic E-state index is 11.3. The summed E-state index contributed by atoms with van der Waals surface area (Å²) in [7, 11) is 0. The molecule has 0 saturated carbocycles. The van der Waals surface area contributed by atoms with Crippen LogP contribution in [0.2, 0.25) is 0 Å². The Morgan fingerprint density at radius 2 is 2.17 bits per heavy atom. The largest absolute Gasteiger partial charge is 0.379 e. The van der Waals surface area contributed by atoms with E-state index in [0.717, 1.165) is 34.7 Å². The smallest absolute Gasteiger partial charge is 0.220 e. The van der Waals surface area contributed by atoms with Crippen molar-refractivity contribution in [2.24, 2.45) is 0 Å². The normalized spacial score (nSPS) is 17.2. The van der Waals surface area contributed by atoms with Gasteiger partial charge in [0.15, 0.2) is 0 Å². The zero-order valence-corrected chi connectivity index (χ0v) is 13.7. The lowest BCUT2D eigenvalue weighted by Gasteiger charge is -2.25. The molecule has 1 fully saturated rings. The molecule has 2 aromatic rings. The molecular formula is C17H20N4O3. The molecule has 1 aliphatic heterocycles. The molecule has 2 heterocycles. The molecule has 1 aliphatic rings. The zero-order valence-electron chi connectivity index (χ0n) is 13.7. The average molecular weight is 328 g/mol. The van der Waals surface area contributed by atoms with Crippen LogP contribution in [0.5, 0.6) is 0 Å². The minimum Gasteiger partial charge on any atom is -0.379 e. The van der Waals surface area contributed by atoms with Gasteiger partial charge in [0.1, 0.15) is 5.76 Å². The molecule has 126 valence electrons. The molecule has 0 bridgehead atoms. The van der Waals surface area contributed by atoms with Crippen molar-refractivity contribution in [3.8, 4) is 11.1 Å². The van der Waals surface area contributed by atoms with E-state index in [-0.39, 0.29) is 11.9 Å². The van der Waals surface area contributed by atoms with Gasteiger partial charge < -0.3 is 20.5 Å². The molecular weight excluding hydrogens is 308 g/mol. The van der Waals surface area contributed by atoms with Gasteiger partial charge in [0, 0.05) is 24.6 Å². The van der Waals surface area contributed by atoms with Crippen molar-refractivity contribution in [2.75, 3.05) is 17.2 Å². The van der Waals surface area contributed by atoms with Gasteiger partial charge in [0.05, 0.1) is 17.1 Å². The molecule has 0 radical (unpaired) electrons. The highest BCUT2D eigenvalue weighted by Crippen LogP contribution is 2.33. The molecule has 0 aliphatic carbocycles. The van der Waals surface area contributed by atoms with Gasteiger partial charge in [0.2, 0.25) is 12.3 Å². The second-order valence-corrected chi connectivity index (χ2v) is 5.91. The third-order valence-electron chi connectivity index (χ3n) is 4.18. The van der Waals surface area contributed by atoms with Crippen LogP contribution in [0.4, 0.5) is 11.4 Å². The van der Waals surface area contributed by atoms with Gasteiger partial charge in [-0.1, -0.05) is 11.2 Å². The lowest BCUT2D eigenvalue weighted by Crippen LogP contribution is -2.41. The van der Waals surface area contributed by atoms with Crippen molar-refractivity contribution in [1.29, 1.82) is 0 Å². The van der Waals surface area contributed by atoms with Crippen LogP contribution in [0.25, 0.3) is 11.1 Å². The van der Waals surface area contributed by atoms with Crippen LogP contribution >= 0.6 is 0 Å². The minimum atomic E-state index is 0.0769. The second-order valence-electron chi connectivity index (χ2n) is 5.91. The molecule has 3 rings (SSSR count). The van der Waals surface area contributed by atoms with E-state index in [0.29, 0.717) is 25.1 Å². The number of hydrogen-bond donors (Lipinski definition) is 3. The molecule has 1 saturated heterocycles. The van der Waals surface area contributed by atoms with E-state index >= 15 is 0 Å². The lowest BCUT2D eigenvalue weighted by atomic mass is 10.0. The van der Waals surface area contributed by atoms with Crippen molar-refractivity contribution < 1.29 is 14.1 Å². The van der Waals surface area contributed by atoms with Crippen molar-refractivity contribution >= 4 is 23.7 Å². The van der Waals surface area contributed by atoms with Gasteiger partial charge >= 0.3 is 0 Å². The van der Waals surface area contributed by atoms with Gasteiger partial charge in [-0.25, -0.2) is 0 Å². The summed E-state index contributed by atoms with van der Waals surface area (Å²) in [5, 5.41) is 12.9. The topological polar surface area (TPSA) is 96.3 Å². The van der Waals surface area contributed by atoms with E-state index in [1.54, 1.807) is 0 Å². The average Bonchev–Trinajstić information content (AvgIpc) is 2.90. The van der Waals surface area contributed by atoms with Crippen LogP contribution in [-0.2, 0) is 9.59 Å². The minimum absolute atomic E-state index is 0.0769. The van der Waals surface area contributed by atoms with Gasteiger partial charge in [-0.2, -0.15) is 0 Å². The predicted octanol–water partition coefficient (Wildman–Crippen LogP) is 2.22. The number of nitrogens with zero attached hydrogens (tertiary/aromatic N) is 1. The number of carbonyl (C=O) groups excluding carboxylic acids is 2. The van der Waals surface area contributed by atoms with Crippen LogP contribution in [0.3, 0.4) is 0 Å². The van der Waals surface area contributed by atoms with Crippen molar-refractivity contribution in [1.82, 2.24) is 10.5 Å². The zero-order chi connectivity index (χ0) is 17.1. The Morgan fingerprint density at radius 3 is 2.79 bits per heavy atom. The molecule has 1 atom stereocenters. The number of amides is 2. The number of carbonyl (C=O) groups is 2. The molecule has 2 amide bonds. The fourth-order valence-electron chi connectivity index (χ4n) is 2.98. The Labute approximate surface area is 139 Å². The van der Waals surface area contributed by atoms with Gasteiger partial charge in [-0.05, 0) is 38.0 Å². The van der Waals surface area contributed by atoms with Gasteiger partial charge in [-0.15, -0.1) is 0 Å². The highest BCUT2D eigenvalue weighted by atomic mass is 16.5. The van der Waals surface area contributed by atoms with Crippen LogP contribution < -0.4 is 16.0 Å². The summed E-state index contributed by atoms with van der Waals surface area (Å²) in [5.74, 6) is 0.813. The standard InChI is InChI=1S/C17H20N4O3/c1-10-17(11(2)24-21-10)12-3-5-14(15(7-12)19-9-22)20-13-4-6-16(23)18-8-13/h3,5,7,9,13,20H,4,6,8H2,1-2H3,(H,18,23)(H,19,22). The van der Waals surface area contributed by atoms with Crippen LogP contribution in [0, 0.1) is 13.8 Å². The Hall–Kier alpha value is -2.83. The van der Waals surface area contributed by atoms with Crippen molar-refractivity contribution in [3.05, 3.63) is 29.7 Å². The molecule has 1 aromatic heterocycles. The van der Waals surface area contributed by atoms with Crippen molar-refractivity contribution in [3.63, 3.8) is 0 Å². The van der Waals surface area contributed by atoms with Crippen LogP contribution in [0.1, 0.15) is 24.3 Å².